The molecule has 2 aromatic carbocycles. The fourth-order valence-corrected chi connectivity index (χ4v) is 3.49. The van der Waals surface area contributed by atoms with Crippen molar-refractivity contribution in [3.05, 3.63) is 86.9 Å². The maximum absolute atomic E-state index is 12.7. The second-order valence-electron chi connectivity index (χ2n) is 7.32. The number of nitrogens with zero attached hydrogens (tertiary/aromatic N) is 4. The molecule has 0 radical (unpaired) electrons. The van der Waals surface area contributed by atoms with Gasteiger partial charge in [-0.05, 0) is 36.8 Å². The summed E-state index contributed by atoms with van der Waals surface area (Å²) in [4.78, 5) is 33.6. The van der Waals surface area contributed by atoms with Crippen molar-refractivity contribution in [1.82, 2.24) is 19.7 Å². The number of rotatable bonds is 8. The lowest BCUT2D eigenvalue weighted by Crippen LogP contribution is -2.38. The van der Waals surface area contributed by atoms with E-state index in [1.165, 1.54) is 4.57 Å². The molecule has 0 fully saturated rings. The van der Waals surface area contributed by atoms with Gasteiger partial charge in [-0.25, -0.2) is 4.79 Å². The van der Waals surface area contributed by atoms with Gasteiger partial charge >= 0.3 is 5.69 Å². The first kappa shape index (κ1) is 21.9. The largest absolute Gasteiger partial charge is 0.497 e. The minimum atomic E-state index is -0.571. The molecule has 0 unspecified atom stereocenters. The lowest BCUT2D eigenvalue weighted by Gasteiger charge is -2.23. The predicted molar refractivity (Wildman–Crippen MR) is 124 cm³/mol. The number of anilines is 2. The van der Waals surface area contributed by atoms with E-state index in [0.29, 0.717) is 18.3 Å². The highest BCUT2D eigenvalue weighted by Gasteiger charge is 2.21. The third kappa shape index (κ3) is 4.64. The molecule has 2 aromatic heterocycles. The molecule has 0 aliphatic rings. The first-order valence-electron chi connectivity index (χ1n) is 10.4. The fraction of sp³-hybridized carbons (Fsp3) is 0.217. The van der Waals surface area contributed by atoms with Gasteiger partial charge in [0, 0.05) is 12.1 Å². The predicted octanol–water partition coefficient (Wildman–Crippen LogP) is 2.25. The number of ether oxygens (including phenoxy) is 1. The molecule has 2 heterocycles. The molecule has 0 aliphatic carbocycles. The molecule has 170 valence electrons. The lowest BCUT2D eigenvalue weighted by molar-refractivity contribution is 0.377. The average Bonchev–Trinajstić information content (AvgIpc) is 3.30. The Hall–Kier alpha value is -4.34. The van der Waals surface area contributed by atoms with Crippen LogP contribution in [0.15, 0.2) is 68.7 Å². The van der Waals surface area contributed by atoms with Crippen molar-refractivity contribution in [2.24, 2.45) is 0 Å². The zero-order valence-corrected chi connectivity index (χ0v) is 18.3. The van der Waals surface area contributed by atoms with E-state index < -0.39 is 11.2 Å². The standard InChI is InChI=1S/C23H24N6O4/c1-3-28(14-18-25-21(27-33-18)16-9-11-17(32-2)12-10-16)19-20(24)29(23(31)26-22(19)30)13-15-7-5-4-6-8-15/h4-12H,3,13-14,24H2,1-2H3,(H,26,30,31). The molecule has 0 saturated heterocycles. The van der Waals surface area contributed by atoms with Gasteiger partial charge in [0.15, 0.2) is 0 Å². The van der Waals surface area contributed by atoms with Crippen LogP contribution in [0.2, 0.25) is 0 Å². The first-order valence-corrected chi connectivity index (χ1v) is 10.4. The third-order valence-electron chi connectivity index (χ3n) is 5.24. The molecular weight excluding hydrogens is 424 g/mol. The smallest absolute Gasteiger partial charge is 0.330 e. The summed E-state index contributed by atoms with van der Waals surface area (Å²) in [7, 11) is 1.59. The van der Waals surface area contributed by atoms with Gasteiger partial charge in [0.2, 0.25) is 11.7 Å². The van der Waals surface area contributed by atoms with Gasteiger partial charge < -0.3 is 19.9 Å². The van der Waals surface area contributed by atoms with Crippen LogP contribution < -0.4 is 26.6 Å². The molecule has 3 N–H and O–H groups in total. The van der Waals surface area contributed by atoms with E-state index in [1.807, 2.05) is 49.4 Å². The van der Waals surface area contributed by atoms with Crippen molar-refractivity contribution < 1.29 is 9.26 Å². The van der Waals surface area contributed by atoms with Crippen LogP contribution in [0, 0.1) is 0 Å². The monoisotopic (exact) mass is 448 g/mol. The molecule has 10 nitrogen and oxygen atoms in total. The van der Waals surface area contributed by atoms with Crippen LogP contribution in [-0.2, 0) is 13.1 Å². The summed E-state index contributed by atoms with van der Waals surface area (Å²) in [6, 6.07) is 16.7. The van der Waals surface area contributed by atoms with Gasteiger partial charge in [0.25, 0.3) is 5.56 Å². The lowest BCUT2D eigenvalue weighted by atomic mass is 10.2. The molecule has 10 heteroatoms. The molecule has 0 spiro atoms. The van der Waals surface area contributed by atoms with Crippen molar-refractivity contribution in [2.75, 3.05) is 24.3 Å². The van der Waals surface area contributed by atoms with E-state index in [1.54, 1.807) is 24.1 Å². The molecule has 0 amide bonds. The Labute approximate surface area is 189 Å². The maximum Gasteiger partial charge on any atom is 0.330 e. The average molecular weight is 448 g/mol. The van der Waals surface area contributed by atoms with Crippen LogP contribution in [0.25, 0.3) is 11.4 Å². The second kappa shape index (κ2) is 9.43. The zero-order chi connectivity index (χ0) is 23.4. The highest BCUT2D eigenvalue weighted by Crippen LogP contribution is 2.22. The number of hydrogen-bond acceptors (Lipinski definition) is 8. The van der Waals surface area contributed by atoms with E-state index in [-0.39, 0.29) is 24.6 Å². The van der Waals surface area contributed by atoms with Crippen LogP contribution in [0.3, 0.4) is 0 Å². The topological polar surface area (TPSA) is 132 Å². The number of hydrogen-bond donors (Lipinski definition) is 2. The van der Waals surface area contributed by atoms with Gasteiger partial charge in [-0.15, -0.1) is 0 Å². The van der Waals surface area contributed by atoms with Crippen LogP contribution in [0.4, 0.5) is 11.5 Å². The summed E-state index contributed by atoms with van der Waals surface area (Å²) in [6.07, 6.45) is 0. The number of nitrogens with one attached hydrogen (secondary N) is 1. The molecule has 0 atom stereocenters. The second-order valence-corrected chi connectivity index (χ2v) is 7.32. The SMILES string of the molecule is CCN(Cc1nc(-c2ccc(OC)cc2)no1)c1c(N)n(Cc2ccccc2)c(=O)[nH]c1=O. The van der Waals surface area contributed by atoms with Gasteiger partial charge in [0.05, 0.1) is 20.2 Å². The Kier molecular flexibility index (Phi) is 6.25. The van der Waals surface area contributed by atoms with E-state index in [4.69, 9.17) is 15.0 Å². The minimum absolute atomic E-state index is 0.0735. The van der Waals surface area contributed by atoms with Gasteiger partial charge in [0.1, 0.15) is 17.3 Å². The van der Waals surface area contributed by atoms with Crippen molar-refractivity contribution in [3.8, 4) is 17.1 Å². The highest BCUT2D eigenvalue weighted by molar-refractivity contribution is 5.62. The Bertz CT molecular complexity index is 1340. The normalized spacial score (nSPS) is 10.8. The molecule has 4 rings (SSSR count). The van der Waals surface area contributed by atoms with E-state index in [2.05, 4.69) is 15.1 Å². The first-order chi connectivity index (χ1) is 16.0. The van der Waals surface area contributed by atoms with E-state index in [9.17, 15) is 9.59 Å². The Morgan fingerprint density at radius 3 is 2.52 bits per heavy atom. The van der Waals surface area contributed by atoms with Crippen LogP contribution in [0.1, 0.15) is 18.4 Å². The van der Waals surface area contributed by atoms with Crippen molar-refractivity contribution in [1.29, 1.82) is 0 Å². The summed E-state index contributed by atoms with van der Waals surface area (Å²) in [5.41, 5.74) is 7.00. The van der Waals surface area contributed by atoms with Crippen LogP contribution >= 0.6 is 0 Å². The summed E-state index contributed by atoms with van der Waals surface area (Å²) in [5.74, 6) is 1.52. The Morgan fingerprint density at radius 1 is 1.12 bits per heavy atom. The number of nitrogen functional groups attached to an aromatic ring is 1. The van der Waals surface area contributed by atoms with Gasteiger partial charge in [-0.1, -0.05) is 35.5 Å². The van der Waals surface area contributed by atoms with E-state index >= 15 is 0 Å². The van der Waals surface area contributed by atoms with Gasteiger partial charge in [-0.3, -0.25) is 14.3 Å². The van der Waals surface area contributed by atoms with Crippen LogP contribution in [-0.4, -0.2) is 33.3 Å². The Morgan fingerprint density at radius 2 is 1.85 bits per heavy atom. The van der Waals surface area contributed by atoms with E-state index in [0.717, 1.165) is 16.9 Å². The zero-order valence-electron chi connectivity index (χ0n) is 18.3. The molecule has 0 aliphatic heterocycles. The number of H-pyrrole nitrogens is 1. The summed E-state index contributed by atoms with van der Waals surface area (Å²) >= 11 is 0. The number of nitrogens with two attached hydrogens (primary N) is 1. The van der Waals surface area contributed by atoms with Crippen molar-refractivity contribution in [3.63, 3.8) is 0 Å². The molecule has 0 bridgehead atoms. The molecule has 33 heavy (non-hydrogen) atoms. The molecular formula is C23H24N6O4. The van der Waals surface area contributed by atoms with Crippen molar-refractivity contribution >= 4 is 11.5 Å². The van der Waals surface area contributed by atoms with Gasteiger partial charge in [-0.2, -0.15) is 4.98 Å². The number of aromatic nitrogens is 4. The molecule has 0 saturated carbocycles. The maximum atomic E-state index is 12.7. The quantitative estimate of drug-likeness (QED) is 0.419. The summed E-state index contributed by atoms with van der Waals surface area (Å²) < 4.78 is 11.9. The third-order valence-corrected chi connectivity index (χ3v) is 5.24. The van der Waals surface area contributed by atoms with Crippen LogP contribution in [0.5, 0.6) is 5.75 Å². The summed E-state index contributed by atoms with van der Waals surface area (Å²) in [5, 5.41) is 4.03. The number of benzene rings is 2. The minimum Gasteiger partial charge on any atom is -0.497 e. The number of aromatic amines is 1. The molecule has 4 aromatic rings. The summed E-state index contributed by atoms with van der Waals surface area (Å²) in [6.45, 7) is 2.68. The van der Waals surface area contributed by atoms with Crippen molar-refractivity contribution in [2.45, 2.75) is 20.0 Å². The number of methoxy groups -OCH3 is 1. The fourth-order valence-electron chi connectivity index (χ4n) is 3.49. The highest BCUT2D eigenvalue weighted by atomic mass is 16.5. The Balaban J connectivity index is 1.62.